The summed E-state index contributed by atoms with van der Waals surface area (Å²) in [6.45, 7) is 5.99. The zero-order valence-corrected chi connectivity index (χ0v) is 13.2. The molecule has 1 amide bonds. The van der Waals surface area contributed by atoms with E-state index in [4.69, 9.17) is 10.5 Å². The van der Waals surface area contributed by atoms with Crippen molar-refractivity contribution in [3.63, 3.8) is 0 Å². The molecular formula is C14H21BrN2O2. The smallest absolute Gasteiger partial charge is 0.407 e. The third-order valence-corrected chi connectivity index (χ3v) is 2.95. The first-order valence-electron chi connectivity index (χ1n) is 6.26. The molecule has 0 aliphatic rings. The molecule has 0 saturated heterocycles. The van der Waals surface area contributed by atoms with Crippen molar-refractivity contribution in [3.8, 4) is 0 Å². The van der Waals surface area contributed by atoms with Crippen LogP contribution in [-0.4, -0.2) is 18.2 Å². The molecule has 0 aliphatic carbocycles. The molecule has 106 valence electrons. The highest BCUT2D eigenvalue weighted by atomic mass is 79.9. The molecule has 19 heavy (non-hydrogen) atoms. The Morgan fingerprint density at radius 2 is 1.95 bits per heavy atom. The molecule has 1 rings (SSSR count). The van der Waals surface area contributed by atoms with E-state index in [1.54, 1.807) is 0 Å². The van der Waals surface area contributed by atoms with E-state index in [9.17, 15) is 4.79 Å². The second-order valence-electron chi connectivity index (χ2n) is 5.38. The highest BCUT2D eigenvalue weighted by Crippen LogP contribution is 2.17. The van der Waals surface area contributed by atoms with Crippen molar-refractivity contribution in [1.29, 1.82) is 0 Å². The summed E-state index contributed by atoms with van der Waals surface area (Å²) < 4.78 is 6.17. The van der Waals surface area contributed by atoms with Gasteiger partial charge < -0.3 is 15.8 Å². The molecule has 1 aromatic rings. The lowest BCUT2D eigenvalue weighted by Gasteiger charge is -2.20. The summed E-state index contributed by atoms with van der Waals surface area (Å²) in [4.78, 5) is 11.4. The fraction of sp³-hybridized carbons (Fsp3) is 0.500. The van der Waals surface area contributed by atoms with Crippen LogP contribution >= 0.6 is 15.9 Å². The maximum atomic E-state index is 11.4. The van der Waals surface area contributed by atoms with Crippen LogP contribution in [0, 0.1) is 0 Å². The number of rotatable bonds is 4. The molecule has 0 spiro atoms. The number of ether oxygens (including phenoxy) is 1. The number of nitrogens with one attached hydrogen (secondary N) is 1. The van der Waals surface area contributed by atoms with Gasteiger partial charge in [0, 0.05) is 17.1 Å². The van der Waals surface area contributed by atoms with E-state index >= 15 is 0 Å². The number of hydrogen-bond donors (Lipinski definition) is 2. The topological polar surface area (TPSA) is 64.3 Å². The highest BCUT2D eigenvalue weighted by molar-refractivity contribution is 9.10. The average molecular weight is 329 g/mol. The van der Waals surface area contributed by atoms with E-state index < -0.39 is 11.7 Å². The van der Waals surface area contributed by atoms with Crippen molar-refractivity contribution in [3.05, 3.63) is 34.3 Å². The molecule has 0 bridgehead atoms. The van der Waals surface area contributed by atoms with Crippen molar-refractivity contribution in [2.75, 3.05) is 6.54 Å². The summed E-state index contributed by atoms with van der Waals surface area (Å²) >= 11 is 3.38. The van der Waals surface area contributed by atoms with Gasteiger partial charge in [-0.1, -0.05) is 28.1 Å². The number of carbonyl (C=O) groups is 1. The Hall–Kier alpha value is -1.07. The fourth-order valence-electron chi connectivity index (χ4n) is 1.52. The number of amides is 1. The van der Waals surface area contributed by atoms with Crippen molar-refractivity contribution >= 4 is 22.0 Å². The Balaban J connectivity index is 2.33. The van der Waals surface area contributed by atoms with Crippen molar-refractivity contribution < 1.29 is 9.53 Å². The molecule has 5 heteroatoms. The summed E-state index contributed by atoms with van der Waals surface area (Å²) in [5.74, 6) is 0. The van der Waals surface area contributed by atoms with Crippen molar-refractivity contribution in [1.82, 2.24) is 5.32 Å². The number of halogens is 1. The molecule has 0 saturated carbocycles. The second kappa shape index (κ2) is 6.91. The van der Waals surface area contributed by atoms with Crippen LogP contribution in [0.2, 0.25) is 0 Å². The van der Waals surface area contributed by atoms with Gasteiger partial charge in [0.2, 0.25) is 0 Å². The summed E-state index contributed by atoms with van der Waals surface area (Å²) in [5.41, 5.74) is 6.63. The summed E-state index contributed by atoms with van der Waals surface area (Å²) in [6.07, 6.45) is 0.261. The second-order valence-corrected chi connectivity index (χ2v) is 6.29. The molecule has 1 atom stereocenters. The molecule has 0 aliphatic heterocycles. The van der Waals surface area contributed by atoms with E-state index in [1.165, 1.54) is 0 Å². The minimum Gasteiger partial charge on any atom is -0.444 e. The number of hydrogen-bond acceptors (Lipinski definition) is 3. The lowest BCUT2D eigenvalue weighted by Crippen LogP contribution is -2.33. The number of nitrogens with two attached hydrogens (primary N) is 1. The Morgan fingerprint density at radius 1 is 1.37 bits per heavy atom. The maximum absolute atomic E-state index is 11.4. The van der Waals surface area contributed by atoms with Gasteiger partial charge in [0.25, 0.3) is 0 Å². The summed E-state index contributed by atoms with van der Waals surface area (Å²) in [5, 5.41) is 2.70. The Kier molecular flexibility index (Phi) is 5.82. The maximum Gasteiger partial charge on any atom is 0.407 e. The predicted molar refractivity (Wildman–Crippen MR) is 79.9 cm³/mol. The van der Waals surface area contributed by atoms with Gasteiger partial charge in [-0.2, -0.15) is 0 Å². The molecule has 1 aromatic carbocycles. The molecule has 3 N–H and O–H groups in total. The van der Waals surface area contributed by atoms with E-state index in [2.05, 4.69) is 21.2 Å². The number of alkyl carbamates (subject to hydrolysis) is 1. The third-order valence-electron chi connectivity index (χ3n) is 2.42. The van der Waals surface area contributed by atoms with Crippen LogP contribution in [0.4, 0.5) is 4.79 Å². The monoisotopic (exact) mass is 328 g/mol. The van der Waals surface area contributed by atoms with Gasteiger partial charge in [0.1, 0.15) is 5.60 Å². The minimum absolute atomic E-state index is 0.0944. The summed E-state index contributed by atoms with van der Waals surface area (Å²) in [6, 6.07) is 7.76. The Labute approximate surface area is 122 Å². The van der Waals surface area contributed by atoms with E-state index in [0.29, 0.717) is 13.0 Å². The van der Waals surface area contributed by atoms with Crippen LogP contribution in [0.1, 0.15) is 38.8 Å². The largest absolute Gasteiger partial charge is 0.444 e. The molecule has 0 radical (unpaired) electrons. The van der Waals surface area contributed by atoms with Crippen LogP contribution < -0.4 is 11.1 Å². The molecule has 0 heterocycles. The molecule has 0 fully saturated rings. The molecule has 1 unspecified atom stereocenters. The van der Waals surface area contributed by atoms with Crippen LogP contribution in [0.3, 0.4) is 0 Å². The van der Waals surface area contributed by atoms with Crippen molar-refractivity contribution in [2.45, 2.75) is 38.8 Å². The standard InChI is InChI=1S/C14H21BrN2O2/c1-14(2,3)19-13(18)17-9-8-12(16)10-4-6-11(15)7-5-10/h4-7,12H,8-9,16H2,1-3H3,(H,17,18). The minimum atomic E-state index is -0.474. The Morgan fingerprint density at radius 3 is 2.47 bits per heavy atom. The summed E-state index contributed by atoms with van der Waals surface area (Å²) in [7, 11) is 0. The molecule has 4 nitrogen and oxygen atoms in total. The van der Waals surface area contributed by atoms with E-state index in [-0.39, 0.29) is 6.04 Å². The van der Waals surface area contributed by atoms with Gasteiger partial charge in [-0.05, 0) is 44.9 Å². The van der Waals surface area contributed by atoms with Gasteiger partial charge in [-0.3, -0.25) is 0 Å². The quantitative estimate of drug-likeness (QED) is 0.890. The van der Waals surface area contributed by atoms with Gasteiger partial charge in [-0.15, -0.1) is 0 Å². The third kappa shape index (κ3) is 6.59. The SMILES string of the molecule is CC(C)(C)OC(=O)NCCC(N)c1ccc(Br)cc1. The first kappa shape index (κ1) is 16.0. The van der Waals surface area contributed by atoms with Gasteiger partial charge in [0.15, 0.2) is 0 Å². The van der Waals surface area contributed by atoms with Crippen LogP contribution in [0.25, 0.3) is 0 Å². The van der Waals surface area contributed by atoms with Crippen LogP contribution in [0.5, 0.6) is 0 Å². The average Bonchev–Trinajstić information content (AvgIpc) is 2.27. The molecule has 0 aromatic heterocycles. The predicted octanol–water partition coefficient (Wildman–Crippen LogP) is 3.36. The Bertz CT molecular complexity index is 412. The first-order chi connectivity index (χ1) is 8.78. The lowest BCUT2D eigenvalue weighted by atomic mass is 10.1. The van der Waals surface area contributed by atoms with Crippen LogP contribution in [-0.2, 0) is 4.74 Å². The zero-order chi connectivity index (χ0) is 14.5. The number of carbonyl (C=O) groups excluding carboxylic acids is 1. The van der Waals surface area contributed by atoms with E-state index in [1.807, 2.05) is 45.0 Å². The zero-order valence-electron chi connectivity index (χ0n) is 11.6. The van der Waals surface area contributed by atoms with E-state index in [0.717, 1.165) is 10.0 Å². The lowest BCUT2D eigenvalue weighted by molar-refractivity contribution is 0.0526. The normalized spacial score (nSPS) is 12.9. The van der Waals surface area contributed by atoms with Gasteiger partial charge >= 0.3 is 6.09 Å². The van der Waals surface area contributed by atoms with Gasteiger partial charge in [-0.25, -0.2) is 4.79 Å². The molecular weight excluding hydrogens is 308 g/mol. The fourth-order valence-corrected chi connectivity index (χ4v) is 1.78. The first-order valence-corrected chi connectivity index (χ1v) is 7.05. The van der Waals surface area contributed by atoms with Gasteiger partial charge in [0.05, 0.1) is 0 Å². The van der Waals surface area contributed by atoms with Crippen LogP contribution in [0.15, 0.2) is 28.7 Å². The number of benzene rings is 1. The highest BCUT2D eigenvalue weighted by Gasteiger charge is 2.16. The van der Waals surface area contributed by atoms with Crippen molar-refractivity contribution in [2.24, 2.45) is 5.73 Å².